The highest BCUT2D eigenvalue weighted by Crippen LogP contribution is 2.36. The Bertz CT molecular complexity index is 1620. The first-order chi connectivity index (χ1) is 20.8. The molecule has 220 valence electrons. The van der Waals surface area contributed by atoms with E-state index in [1.54, 1.807) is 71.4 Å². The van der Waals surface area contributed by atoms with Crippen molar-refractivity contribution in [2.24, 2.45) is 0 Å². The van der Waals surface area contributed by atoms with Crippen LogP contribution >= 0.6 is 0 Å². The minimum atomic E-state index is -3.09. The molecule has 3 heterocycles. The summed E-state index contributed by atoms with van der Waals surface area (Å²) in [5, 5.41) is 16.1. The van der Waals surface area contributed by atoms with E-state index in [2.05, 4.69) is 16.5 Å². The summed E-state index contributed by atoms with van der Waals surface area (Å²) in [7, 11) is 1.73. The normalized spacial score (nSPS) is 14.6. The third kappa shape index (κ3) is 6.30. The number of ether oxygens (including phenoxy) is 2. The lowest BCUT2D eigenvalue weighted by molar-refractivity contribution is -0.135. The van der Waals surface area contributed by atoms with E-state index in [1.165, 1.54) is 24.3 Å². The molecule has 0 radical (unpaired) electrons. The van der Waals surface area contributed by atoms with Gasteiger partial charge in [-0.2, -0.15) is 19.1 Å². The van der Waals surface area contributed by atoms with Crippen molar-refractivity contribution in [3.63, 3.8) is 0 Å². The second kappa shape index (κ2) is 12.9. The lowest BCUT2D eigenvalue weighted by Gasteiger charge is -2.28. The molecule has 4 aromatic rings. The van der Waals surface area contributed by atoms with Gasteiger partial charge in [-0.25, -0.2) is 0 Å². The first-order valence-electron chi connectivity index (χ1n) is 13.6. The molecule has 1 amide bonds. The molecule has 0 atom stereocenters. The number of carbonyl (C=O) groups is 2. The number of hydrogen-bond donors (Lipinski definition) is 1. The van der Waals surface area contributed by atoms with Crippen molar-refractivity contribution >= 4 is 23.6 Å². The molecule has 1 saturated heterocycles. The SMILES string of the molecule is CNc1cnn2c1C(=O)N(c1ccc(C(F)(F)c3ccccc3)cc1)CC2.N#Cc1cc(C=O)ccc1COC1COC1. The van der Waals surface area contributed by atoms with Gasteiger partial charge in [0.05, 0.1) is 49.9 Å². The summed E-state index contributed by atoms with van der Waals surface area (Å²) in [6.07, 6.45) is 2.48. The van der Waals surface area contributed by atoms with Crippen LogP contribution in [0.4, 0.5) is 20.2 Å². The number of carbonyl (C=O) groups excluding carboxylic acids is 2. The van der Waals surface area contributed by atoms with Gasteiger partial charge >= 0.3 is 0 Å². The maximum Gasteiger partial charge on any atom is 0.298 e. The second-order valence-electron chi connectivity index (χ2n) is 9.94. The molecule has 0 saturated carbocycles. The zero-order valence-corrected chi connectivity index (χ0v) is 23.4. The van der Waals surface area contributed by atoms with Crippen molar-refractivity contribution in [3.8, 4) is 6.07 Å². The monoisotopic (exact) mass is 585 g/mol. The zero-order chi connectivity index (χ0) is 30.4. The summed E-state index contributed by atoms with van der Waals surface area (Å²) >= 11 is 0. The standard InChI is InChI=1S/C20H18F2N4O.C12H11NO3/c1-23-17-13-24-26-12-11-25(19(27)18(17)26)16-9-7-15(8-10-16)20(21,22)14-5-3-2-4-6-14;13-4-11-3-9(5-14)1-2-10(11)6-16-12-7-15-8-12/h2-10,13,23H,11-12H2,1H3;1-3,5,12H,6-8H2. The smallest absolute Gasteiger partial charge is 0.298 e. The molecule has 43 heavy (non-hydrogen) atoms. The second-order valence-corrected chi connectivity index (χ2v) is 9.94. The Kier molecular flexibility index (Phi) is 8.90. The molecule has 6 rings (SSSR count). The van der Waals surface area contributed by atoms with Crippen LogP contribution in [0.15, 0.2) is 79.0 Å². The first kappa shape index (κ1) is 29.6. The third-order valence-corrected chi connectivity index (χ3v) is 7.24. The van der Waals surface area contributed by atoms with E-state index in [9.17, 15) is 18.4 Å². The van der Waals surface area contributed by atoms with Crippen LogP contribution in [-0.2, 0) is 28.5 Å². The van der Waals surface area contributed by atoms with E-state index in [1.807, 2.05) is 0 Å². The molecule has 0 aliphatic carbocycles. The Morgan fingerprint density at radius 2 is 1.81 bits per heavy atom. The van der Waals surface area contributed by atoms with Crippen molar-refractivity contribution in [1.29, 1.82) is 5.26 Å². The molecular weight excluding hydrogens is 556 g/mol. The number of aromatic nitrogens is 2. The van der Waals surface area contributed by atoms with E-state index in [0.29, 0.717) is 61.1 Å². The minimum absolute atomic E-state index is 0.0608. The van der Waals surface area contributed by atoms with E-state index in [4.69, 9.17) is 14.7 Å². The van der Waals surface area contributed by atoms with Crippen molar-refractivity contribution < 1.29 is 27.8 Å². The number of nitrogens with one attached hydrogen (secondary N) is 1. The minimum Gasteiger partial charge on any atom is -0.385 e. The maximum absolute atomic E-state index is 14.7. The van der Waals surface area contributed by atoms with Crippen molar-refractivity contribution in [3.05, 3.63) is 113 Å². The zero-order valence-electron chi connectivity index (χ0n) is 23.4. The summed E-state index contributed by atoms with van der Waals surface area (Å²) in [5.74, 6) is -3.30. The molecular formula is C32H29F2N5O4. The molecule has 0 unspecified atom stereocenters. The van der Waals surface area contributed by atoms with Crippen LogP contribution < -0.4 is 10.2 Å². The lowest BCUT2D eigenvalue weighted by atomic mass is 10.00. The van der Waals surface area contributed by atoms with Gasteiger partial charge in [0.15, 0.2) is 0 Å². The summed E-state index contributed by atoms with van der Waals surface area (Å²) in [4.78, 5) is 25.0. The topological polar surface area (TPSA) is 109 Å². The largest absolute Gasteiger partial charge is 0.385 e. The molecule has 2 aliphatic rings. The van der Waals surface area contributed by atoms with Gasteiger partial charge in [-0.1, -0.05) is 54.6 Å². The summed E-state index contributed by atoms with van der Waals surface area (Å²) in [5.41, 5.74) is 3.34. The molecule has 3 aromatic carbocycles. The molecule has 9 nitrogen and oxygen atoms in total. The average molecular weight is 586 g/mol. The highest BCUT2D eigenvalue weighted by Gasteiger charge is 2.34. The lowest BCUT2D eigenvalue weighted by Crippen LogP contribution is -2.40. The number of benzene rings is 3. The van der Waals surface area contributed by atoms with Gasteiger partial charge in [0, 0.05) is 36.0 Å². The van der Waals surface area contributed by atoms with E-state index >= 15 is 0 Å². The summed E-state index contributed by atoms with van der Waals surface area (Å²) in [6.45, 7) is 2.61. The molecule has 2 aliphatic heterocycles. The van der Waals surface area contributed by atoms with Gasteiger partial charge in [-0.05, 0) is 23.8 Å². The number of amides is 1. The van der Waals surface area contributed by atoms with Crippen LogP contribution in [0.5, 0.6) is 0 Å². The number of rotatable bonds is 8. The van der Waals surface area contributed by atoms with Crippen LogP contribution in [0.3, 0.4) is 0 Å². The van der Waals surface area contributed by atoms with Crippen LogP contribution in [0.1, 0.15) is 43.1 Å². The number of halogens is 2. The summed E-state index contributed by atoms with van der Waals surface area (Å²) < 4.78 is 41.5. The Hall–Kier alpha value is -4.92. The third-order valence-electron chi connectivity index (χ3n) is 7.24. The fourth-order valence-electron chi connectivity index (χ4n) is 4.71. The number of anilines is 2. The van der Waals surface area contributed by atoms with Gasteiger partial charge in [0.2, 0.25) is 0 Å². The van der Waals surface area contributed by atoms with Crippen molar-refractivity contribution in [1.82, 2.24) is 9.78 Å². The number of alkyl halides is 2. The number of hydrogen-bond acceptors (Lipinski definition) is 7. The molecule has 1 aromatic heterocycles. The van der Waals surface area contributed by atoms with Gasteiger partial charge < -0.3 is 19.7 Å². The Labute approximate surface area is 247 Å². The highest BCUT2D eigenvalue weighted by atomic mass is 19.3. The number of fused-ring (bicyclic) bond motifs is 1. The fourth-order valence-corrected chi connectivity index (χ4v) is 4.71. The fraction of sp³-hybridized carbons (Fsp3) is 0.250. The Morgan fingerprint density at radius 3 is 2.44 bits per heavy atom. The van der Waals surface area contributed by atoms with Crippen LogP contribution in [-0.4, -0.2) is 54.9 Å². The van der Waals surface area contributed by atoms with E-state index < -0.39 is 5.92 Å². The summed E-state index contributed by atoms with van der Waals surface area (Å²) in [6, 6.07) is 20.6. The van der Waals surface area contributed by atoms with Gasteiger partial charge in [0.1, 0.15) is 18.1 Å². The van der Waals surface area contributed by atoms with Crippen LogP contribution in [0.2, 0.25) is 0 Å². The van der Waals surface area contributed by atoms with E-state index in [0.717, 1.165) is 11.8 Å². The molecule has 0 spiro atoms. The Morgan fingerprint density at radius 1 is 1.09 bits per heavy atom. The number of nitriles is 1. The average Bonchev–Trinajstić information content (AvgIpc) is 3.46. The molecule has 0 bridgehead atoms. The van der Waals surface area contributed by atoms with Gasteiger partial charge in [0.25, 0.3) is 11.8 Å². The van der Waals surface area contributed by atoms with Gasteiger partial charge in [-0.3, -0.25) is 14.3 Å². The van der Waals surface area contributed by atoms with E-state index in [-0.39, 0.29) is 23.1 Å². The molecule has 1 fully saturated rings. The Balaban J connectivity index is 0.000000196. The van der Waals surface area contributed by atoms with Crippen LogP contribution in [0, 0.1) is 11.3 Å². The van der Waals surface area contributed by atoms with Crippen molar-refractivity contribution in [2.75, 3.05) is 37.0 Å². The first-order valence-corrected chi connectivity index (χ1v) is 13.6. The van der Waals surface area contributed by atoms with Crippen LogP contribution in [0.25, 0.3) is 0 Å². The molecule has 11 heteroatoms. The maximum atomic E-state index is 14.7. The van der Waals surface area contributed by atoms with Crippen molar-refractivity contribution in [2.45, 2.75) is 25.2 Å². The number of aldehydes is 1. The number of nitrogens with zero attached hydrogens (tertiary/aromatic N) is 4. The van der Waals surface area contributed by atoms with Gasteiger partial charge in [-0.15, -0.1) is 0 Å². The molecule has 1 N–H and O–H groups in total. The quantitative estimate of drug-likeness (QED) is 0.290. The highest BCUT2D eigenvalue weighted by molar-refractivity contribution is 6.09. The predicted molar refractivity (Wildman–Crippen MR) is 155 cm³/mol. The predicted octanol–water partition coefficient (Wildman–Crippen LogP) is 5.01.